The maximum atomic E-state index is 14.2. The lowest BCUT2D eigenvalue weighted by Crippen LogP contribution is -2.37. The van der Waals surface area contributed by atoms with Crippen LogP contribution in [0.2, 0.25) is 5.02 Å². The van der Waals surface area contributed by atoms with Gasteiger partial charge in [-0.05, 0) is 18.2 Å². The Morgan fingerprint density at radius 3 is 2.79 bits per heavy atom. The molecule has 1 fully saturated rings. The minimum absolute atomic E-state index is 0.0260. The molecular formula is C13H14ClFN2O2. The van der Waals surface area contributed by atoms with Crippen molar-refractivity contribution in [3.63, 3.8) is 0 Å². The van der Waals surface area contributed by atoms with E-state index in [2.05, 4.69) is 11.9 Å². The van der Waals surface area contributed by atoms with Gasteiger partial charge in [0.05, 0.1) is 29.6 Å². The van der Waals surface area contributed by atoms with Crippen LogP contribution < -0.4 is 10.2 Å². The molecule has 1 aliphatic rings. The van der Waals surface area contributed by atoms with Crippen LogP contribution in [-0.4, -0.2) is 32.2 Å². The monoisotopic (exact) mass is 284 g/mol. The van der Waals surface area contributed by atoms with Gasteiger partial charge in [0.1, 0.15) is 0 Å². The highest BCUT2D eigenvalue weighted by molar-refractivity contribution is 6.31. The van der Waals surface area contributed by atoms with E-state index in [0.717, 1.165) is 6.08 Å². The quantitative estimate of drug-likeness (QED) is 0.867. The van der Waals surface area contributed by atoms with E-state index in [4.69, 9.17) is 16.3 Å². The first-order chi connectivity index (χ1) is 9.13. The van der Waals surface area contributed by atoms with Crippen molar-refractivity contribution in [2.45, 2.75) is 0 Å². The molecule has 1 N–H and O–H groups in total. The Balaban J connectivity index is 2.38. The zero-order valence-corrected chi connectivity index (χ0v) is 11.0. The summed E-state index contributed by atoms with van der Waals surface area (Å²) in [4.78, 5) is 13.2. The number of nitrogens with one attached hydrogen (secondary N) is 1. The third-order valence-corrected chi connectivity index (χ3v) is 3.13. The van der Waals surface area contributed by atoms with Crippen molar-refractivity contribution in [3.05, 3.63) is 35.6 Å². The third-order valence-electron chi connectivity index (χ3n) is 2.84. The Morgan fingerprint density at radius 2 is 2.16 bits per heavy atom. The Morgan fingerprint density at radius 1 is 1.47 bits per heavy atom. The summed E-state index contributed by atoms with van der Waals surface area (Å²) in [5.41, 5.74) is 0.680. The summed E-state index contributed by atoms with van der Waals surface area (Å²) in [6, 6.07) is 3.00. The normalized spacial score (nSPS) is 15.2. The highest BCUT2D eigenvalue weighted by Crippen LogP contribution is 2.34. The summed E-state index contributed by atoms with van der Waals surface area (Å²) >= 11 is 5.81. The Bertz CT molecular complexity index is 502. The smallest absolute Gasteiger partial charge is 0.247 e. The number of rotatable bonds is 3. The van der Waals surface area contributed by atoms with Crippen LogP contribution in [0.4, 0.5) is 15.8 Å². The molecule has 1 aromatic carbocycles. The van der Waals surface area contributed by atoms with Crippen LogP contribution in [0.1, 0.15) is 0 Å². The molecule has 1 saturated heterocycles. The Labute approximate surface area is 115 Å². The van der Waals surface area contributed by atoms with Crippen LogP contribution in [0.25, 0.3) is 0 Å². The van der Waals surface area contributed by atoms with Gasteiger partial charge in [-0.2, -0.15) is 0 Å². The minimum Gasteiger partial charge on any atom is -0.378 e. The van der Waals surface area contributed by atoms with E-state index in [1.165, 1.54) is 6.07 Å². The maximum absolute atomic E-state index is 14.2. The predicted octanol–water partition coefficient (Wildman–Crippen LogP) is 2.44. The van der Waals surface area contributed by atoms with Crippen molar-refractivity contribution in [1.82, 2.24) is 0 Å². The fourth-order valence-electron chi connectivity index (χ4n) is 1.92. The number of halogens is 2. The van der Waals surface area contributed by atoms with Crippen LogP contribution in [-0.2, 0) is 9.53 Å². The Kier molecular flexibility index (Phi) is 4.39. The highest BCUT2D eigenvalue weighted by Gasteiger charge is 2.21. The van der Waals surface area contributed by atoms with Crippen molar-refractivity contribution >= 4 is 28.9 Å². The molecule has 1 aliphatic heterocycles. The second-order valence-electron chi connectivity index (χ2n) is 4.05. The van der Waals surface area contributed by atoms with E-state index in [0.29, 0.717) is 37.7 Å². The summed E-state index contributed by atoms with van der Waals surface area (Å²) in [7, 11) is 0. The number of nitrogens with zero attached hydrogens (tertiary/aromatic N) is 1. The zero-order valence-electron chi connectivity index (χ0n) is 10.3. The molecule has 1 aromatic rings. The minimum atomic E-state index is -0.537. The number of anilines is 2. The van der Waals surface area contributed by atoms with Crippen molar-refractivity contribution < 1.29 is 13.9 Å². The summed E-state index contributed by atoms with van der Waals surface area (Å²) in [5, 5.41) is 2.61. The molecule has 0 atom stereocenters. The lowest BCUT2D eigenvalue weighted by Gasteiger charge is -2.31. The van der Waals surface area contributed by atoms with Gasteiger partial charge in [-0.25, -0.2) is 4.39 Å². The van der Waals surface area contributed by atoms with Crippen molar-refractivity contribution in [1.29, 1.82) is 0 Å². The number of hydrogen-bond donors (Lipinski definition) is 1. The van der Waals surface area contributed by atoms with E-state index in [9.17, 15) is 9.18 Å². The highest BCUT2D eigenvalue weighted by atomic mass is 35.5. The molecule has 1 amide bonds. The Hall–Kier alpha value is -1.59. The van der Waals surface area contributed by atoms with Crippen molar-refractivity contribution in [3.8, 4) is 0 Å². The average Bonchev–Trinajstić information content (AvgIpc) is 2.44. The van der Waals surface area contributed by atoms with Gasteiger partial charge >= 0.3 is 0 Å². The number of carbonyl (C=O) groups excluding carboxylic acids is 1. The second-order valence-corrected chi connectivity index (χ2v) is 4.46. The third kappa shape index (κ3) is 3.05. The molecule has 6 heteroatoms. The zero-order chi connectivity index (χ0) is 13.8. The summed E-state index contributed by atoms with van der Waals surface area (Å²) in [6.07, 6.45) is 1.13. The maximum Gasteiger partial charge on any atom is 0.247 e. The molecule has 0 spiro atoms. The van der Waals surface area contributed by atoms with E-state index in [-0.39, 0.29) is 5.02 Å². The van der Waals surface area contributed by atoms with Crippen LogP contribution >= 0.6 is 11.6 Å². The van der Waals surface area contributed by atoms with Gasteiger partial charge in [0.25, 0.3) is 0 Å². The number of morpholine rings is 1. The number of ether oxygens (including phenoxy) is 1. The molecule has 1 heterocycles. The van der Waals surface area contributed by atoms with Crippen LogP contribution in [0.5, 0.6) is 0 Å². The molecule has 0 bridgehead atoms. The van der Waals surface area contributed by atoms with E-state index >= 15 is 0 Å². The topological polar surface area (TPSA) is 41.6 Å². The lowest BCUT2D eigenvalue weighted by atomic mass is 10.2. The number of hydrogen-bond acceptors (Lipinski definition) is 3. The first kappa shape index (κ1) is 13.8. The summed E-state index contributed by atoms with van der Waals surface area (Å²) < 4.78 is 19.4. The average molecular weight is 285 g/mol. The summed E-state index contributed by atoms with van der Waals surface area (Å²) in [6.45, 7) is 5.50. The van der Waals surface area contributed by atoms with E-state index in [1.807, 2.05) is 4.90 Å². The molecule has 0 aromatic heterocycles. The number of carbonyl (C=O) groups is 1. The van der Waals surface area contributed by atoms with Gasteiger partial charge in [-0.1, -0.05) is 18.2 Å². The fourth-order valence-corrected chi connectivity index (χ4v) is 2.07. The second kappa shape index (κ2) is 6.04. The predicted molar refractivity (Wildman–Crippen MR) is 73.3 cm³/mol. The first-order valence-electron chi connectivity index (χ1n) is 5.87. The molecule has 102 valence electrons. The van der Waals surface area contributed by atoms with E-state index in [1.54, 1.807) is 6.07 Å². The van der Waals surface area contributed by atoms with Gasteiger partial charge in [0.15, 0.2) is 5.82 Å². The number of benzene rings is 1. The van der Waals surface area contributed by atoms with Gasteiger partial charge < -0.3 is 15.0 Å². The fraction of sp³-hybridized carbons (Fsp3) is 0.308. The number of amides is 1. The van der Waals surface area contributed by atoms with Gasteiger partial charge in [-0.15, -0.1) is 0 Å². The molecule has 0 saturated carbocycles. The van der Waals surface area contributed by atoms with Crippen LogP contribution in [0.15, 0.2) is 24.8 Å². The van der Waals surface area contributed by atoms with Gasteiger partial charge in [0.2, 0.25) is 5.91 Å². The van der Waals surface area contributed by atoms with Gasteiger partial charge in [-0.3, -0.25) is 4.79 Å². The van der Waals surface area contributed by atoms with Crippen molar-refractivity contribution in [2.75, 3.05) is 36.5 Å². The molecular weight excluding hydrogens is 271 g/mol. The first-order valence-corrected chi connectivity index (χ1v) is 6.25. The SMILES string of the molecule is C=CC(=O)Nc1ccc(Cl)c(F)c1N1CCOCC1. The molecule has 0 unspecified atom stereocenters. The summed E-state index contributed by atoms with van der Waals surface area (Å²) in [5.74, 6) is -0.929. The van der Waals surface area contributed by atoms with Crippen molar-refractivity contribution in [2.24, 2.45) is 0 Å². The van der Waals surface area contributed by atoms with Gasteiger partial charge in [0, 0.05) is 13.1 Å². The van der Waals surface area contributed by atoms with Crippen LogP contribution in [0.3, 0.4) is 0 Å². The molecule has 0 radical (unpaired) electrons. The molecule has 4 nitrogen and oxygen atoms in total. The van der Waals surface area contributed by atoms with E-state index < -0.39 is 11.7 Å². The largest absolute Gasteiger partial charge is 0.378 e. The lowest BCUT2D eigenvalue weighted by molar-refractivity contribution is -0.111. The standard InChI is InChI=1S/C13H14ClFN2O2/c1-2-11(18)16-10-4-3-9(14)12(15)13(10)17-5-7-19-8-6-17/h2-4H,1,5-8H2,(H,16,18). The molecule has 19 heavy (non-hydrogen) atoms. The molecule has 2 rings (SSSR count). The molecule has 0 aliphatic carbocycles. The van der Waals surface area contributed by atoms with Crippen LogP contribution in [0, 0.1) is 5.82 Å².